The number of aliphatic hydroxyl groups is 1. The zero-order valence-electron chi connectivity index (χ0n) is 8.05. The first kappa shape index (κ1) is 8.55. The van der Waals surface area contributed by atoms with Gasteiger partial charge in [-0.05, 0) is 42.9 Å². The standard InChI is InChI=1S/C11H20O/c1-2-5-11(8-12)7-9-3-4-10(11)6-9/h9-10,12H,2-8H2,1H3. The molecule has 1 heteroatoms. The maximum absolute atomic E-state index is 9.47. The molecule has 1 N–H and O–H groups in total. The van der Waals surface area contributed by atoms with Gasteiger partial charge in [-0.1, -0.05) is 19.8 Å². The van der Waals surface area contributed by atoms with Crippen LogP contribution < -0.4 is 0 Å². The molecule has 2 fully saturated rings. The van der Waals surface area contributed by atoms with Crippen molar-refractivity contribution in [3.8, 4) is 0 Å². The van der Waals surface area contributed by atoms with Gasteiger partial charge in [0.2, 0.25) is 0 Å². The fourth-order valence-corrected chi connectivity index (χ4v) is 3.63. The molecule has 0 aliphatic heterocycles. The van der Waals surface area contributed by atoms with Crippen molar-refractivity contribution in [2.75, 3.05) is 6.61 Å². The Morgan fingerprint density at radius 3 is 2.67 bits per heavy atom. The average molecular weight is 168 g/mol. The second-order valence-corrected chi connectivity index (χ2v) is 4.85. The summed E-state index contributed by atoms with van der Waals surface area (Å²) in [5, 5.41) is 9.47. The van der Waals surface area contributed by atoms with E-state index in [0.29, 0.717) is 12.0 Å². The van der Waals surface area contributed by atoms with Crippen molar-refractivity contribution in [2.24, 2.45) is 17.3 Å². The molecule has 3 unspecified atom stereocenters. The summed E-state index contributed by atoms with van der Waals surface area (Å²) in [5.74, 6) is 1.83. The molecule has 2 saturated carbocycles. The summed E-state index contributed by atoms with van der Waals surface area (Å²) >= 11 is 0. The topological polar surface area (TPSA) is 20.2 Å². The minimum absolute atomic E-state index is 0.359. The molecule has 0 radical (unpaired) electrons. The lowest BCUT2D eigenvalue weighted by atomic mass is 9.71. The zero-order valence-corrected chi connectivity index (χ0v) is 8.05. The van der Waals surface area contributed by atoms with Gasteiger partial charge >= 0.3 is 0 Å². The summed E-state index contributed by atoms with van der Waals surface area (Å²) in [6.45, 7) is 2.69. The van der Waals surface area contributed by atoms with E-state index in [4.69, 9.17) is 0 Å². The Hall–Kier alpha value is -0.0400. The zero-order chi connectivity index (χ0) is 8.60. The third kappa shape index (κ3) is 1.10. The van der Waals surface area contributed by atoms with E-state index in [1.165, 1.54) is 38.5 Å². The van der Waals surface area contributed by atoms with E-state index >= 15 is 0 Å². The smallest absolute Gasteiger partial charge is 0.0490 e. The van der Waals surface area contributed by atoms with Gasteiger partial charge in [-0.25, -0.2) is 0 Å². The summed E-state index contributed by atoms with van der Waals surface area (Å²) < 4.78 is 0. The van der Waals surface area contributed by atoms with Gasteiger partial charge in [-0.3, -0.25) is 0 Å². The molecule has 2 rings (SSSR count). The minimum Gasteiger partial charge on any atom is -0.396 e. The fourth-order valence-electron chi connectivity index (χ4n) is 3.63. The molecule has 0 aromatic heterocycles. The molecule has 0 amide bonds. The van der Waals surface area contributed by atoms with Crippen LogP contribution in [-0.4, -0.2) is 11.7 Å². The molecule has 3 atom stereocenters. The van der Waals surface area contributed by atoms with Gasteiger partial charge in [0.1, 0.15) is 0 Å². The predicted molar refractivity (Wildman–Crippen MR) is 49.9 cm³/mol. The van der Waals surface area contributed by atoms with Crippen molar-refractivity contribution in [2.45, 2.75) is 45.4 Å². The number of rotatable bonds is 3. The molecular weight excluding hydrogens is 148 g/mol. The van der Waals surface area contributed by atoms with E-state index < -0.39 is 0 Å². The van der Waals surface area contributed by atoms with Crippen LogP contribution >= 0.6 is 0 Å². The Labute approximate surface area is 75.2 Å². The number of hydrogen-bond acceptors (Lipinski definition) is 1. The highest BCUT2D eigenvalue weighted by molar-refractivity contribution is 4.99. The summed E-state index contributed by atoms with van der Waals surface area (Å²) in [6.07, 6.45) is 8.07. The van der Waals surface area contributed by atoms with Crippen molar-refractivity contribution in [1.29, 1.82) is 0 Å². The normalized spacial score (nSPS) is 45.5. The second kappa shape index (κ2) is 3.02. The van der Waals surface area contributed by atoms with Crippen LogP contribution in [-0.2, 0) is 0 Å². The molecule has 0 aromatic rings. The second-order valence-electron chi connectivity index (χ2n) is 4.85. The maximum Gasteiger partial charge on any atom is 0.0490 e. The van der Waals surface area contributed by atoms with Crippen LogP contribution in [0.4, 0.5) is 0 Å². The first-order chi connectivity index (χ1) is 5.80. The third-order valence-corrected chi connectivity index (χ3v) is 4.17. The number of fused-ring (bicyclic) bond motifs is 2. The quantitative estimate of drug-likeness (QED) is 0.686. The van der Waals surface area contributed by atoms with E-state index in [1.807, 2.05) is 0 Å². The molecule has 70 valence electrons. The summed E-state index contributed by atoms with van der Waals surface area (Å²) in [5.41, 5.74) is 0.359. The van der Waals surface area contributed by atoms with Crippen LogP contribution in [0.2, 0.25) is 0 Å². The van der Waals surface area contributed by atoms with E-state index in [1.54, 1.807) is 0 Å². The minimum atomic E-state index is 0.359. The van der Waals surface area contributed by atoms with Crippen molar-refractivity contribution in [1.82, 2.24) is 0 Å². The molecule has 0 heterocycles. The number of aliphatic hydroxyl groups excluding tert-OH is 1. The molecule has 0 saturated heterocycles. The average Bonchev–Trinajstić information content (AvgIpc) is 2.64. The lowest BCUT2D eigenvalue weighted by Gasteiger charge is -2.35. The largest absolute Gasteiger partial charge is 0.396 e. The molecule has 0 aromatic carbocycles. The van der Waals surface area contributed by atoms with Gasteiger partial charge in [0.15, 0.2) is 0 Å². The molecule has 2 aliphatic carbocycles. The number of hydrogen-bond donors (Lipinski definition) is 1. The van der Waals surface area contributed by atoms with Gasteiger partial charge in [-0.2, -0.15) is 0 Å². The van der Waals surface area contributed by atoms with Gasteiger partial charge in [0.25, 0.3) is 0 Å². The van der Waals surface area contributed by atoms with Crippen LogP contribution in [0.5, 0.6) is 0 Å². The third-order valence-electron chi connectivity index (χ3n) is 4.17. The van der Waals surface area contributed by atoms with Gasteiger partial charge in [-0.15, -0.1) is 0 Å². The van der Waals surface area contributed by atoms with E-state index in [9.17, 15) is 5.11 Å². The molecule has 2 aliphatic rings. The van der Waals surface area contributed by atoms with E-state index in [2.05, 4.69) is 6.92 Å². The summed E-state index contributed by atoms with van der Waals surface area (Å²) in [4.78, 5) is 0. The first-order valence-corrected chi connectivity index (χ1v) is 5.41. The van der Waals surface area contributed by atoms with Crippen molar-refractivity contribution in [3.63, 3.8) is 0 Å². The Morgan fingerprint density at radius 1 is 1.42 bits per heavy atom. The van der Waals surface area contributed by atoms with Gasteiger partial charge in [0.05, 0.1) is 0 Å². The van der Waals surface area contributed by atoms with E-state index in [-0.39, 0.29) is 0 Å². The SMILES string of the molecule is CCCC1(CO)CC2CCC1C2. The highest BCUT2D eigenvalue weighted by atomic mass is 16.3. The lowest BCUT2D eigenvalue weighted by molar-refractivity contribution is 0.0556. The first-order valence-electron chi connectivity index (χ1n) is 5.41. The fraction of sp³-hybridized carbons (Fsp3) is 1.00. The Bertz CT molecular complexity index is 166. The van der Waals surface area contributed by atoms with Crippen LogP contribution in [0.1, 0.15) is 45.4 Å². The Kier molecular flexibility index (Phi) is 2.16. The molecule has 12 heavy (non-hydrogen) atoms. The highest BCUT2D eigenvalue weighted by Gasteiger charge is 2.49. The molecular formula is C11H20O. The van der Waals surface area contributed by atoms with Gasteiger partial charge in [0, 0.05) is 6.61 Å². The van der Waals surface area contributed by atoms with Crippen molar-refractivity contribution in [3.05, 3.63) is 0 Å². The van der Waals surface area contributed by atoms with Gasteiger partial charge < -0.3 is 5.11 Å². The molecule has 0 spiro atoms. The van der Waals surface area contributed by atoms with Crippen LogP contribution in [0.15, 0.2) is 0 Å². The Balaban J connectivity index is 2.08. The molecule has 2 bridgehead atoms. The Morgan fingerprint density at radius 2 is 2.25 bits per heavy atom. The molecule has 1 nitrogen and oxygen atoms in total. The van der Waals surface area contributed by atoms with Crippen molar-refractivity contribution < 1.29 is 5.11 Å². The van der Waals surface area contributed by atoms with Crippen LogP contribution in [0.25, 0.3) is 0 Å². The van der Waals surface area contributed by atoms with Crippen LogP contribution in [0.3, 0.4) is 0 Å². The monoisotopic (exact) mass is 168 g/mol. The summed E-state index contributed by atoms with van der Waals surface area (Å²) in [6, 6.07) is 0. The maximum atomic E-state index is 9.47. The lowest BCUT2D eigenvalue weighted by Crippen LogP contribution is -2.31. The van der Waals surface area contributed by atoms with Crippen LogP contribution in [0, 0.1) is 17.3 Å². The highest BCUT2D eigenvalue weighted by Crippen LogP contribution is 2.57. The summed E-state index contributed by atoms with van der Waals surface area (Å²) in [7, 11) is 0. The predicted octanol–water partition coefficient (Wildman–Crippen LogP) is 2.59. The van der Waals surface area contributed by atoms with E-state index in [0.717, 1.165) is 11.8 Å². The van der Waals surface area contributed by atoms with Crippen molar-refractivity contribution >= 4 is 0 Å².